The van der Waals surface area contributed by atoms with Crippen molar-refractivity contribution in [3.63, 3.8) is 0 Å². The summed E-state index contributed by atoms with van der Waals surface area (Å²) in [5, 5.41) is 0. The zero-order chi connectivity index (χ0) is 17.6. The number of hydrogen-bond acceptors (Lipinski definition) is 2. The predicted molar refractivity (Wildman–Crippen MR) is 103 cm³/mol. The van der Waals surface area contributed by atoms with E-state index < -0.39 is 10.8 Å². The predicted octanol–water partition coefficient (Wildman–Crippen LogP) is 3.66. The lowest BCUT2D eigenvalue weighted by Gasteiger charge is -2.32. The van der Waals surface area contributed by atoms with Crippen molar-refractivity contribution in [1.29, 1.82) is 0 Å². The SMILES string of the molecule is C[S@@](=O)Cc1cccc(C(=O)N2CCC(Cc3ccccc3)CC2)c1. The molecule has 1 aliphatic heterocycles. The van der Waals surface area contributed by atoms with Crippen molar-refractivity contribution in [1.82, 2.24) is 4.90 Å². The van der Waals surface area contributed by atoms with Crippen LogP contribution in [0.2, 0.25) is 0 Å². The number of amides is 1. The quantitative estimate of drug-likeness (QED) is 0.821. The molecule has 1 amide bonds. The number of likely N-dealkylation sites (tertiary alicyclic amines) is 1. The van der Waals surface area contributed by atoms with E-state index >= 15 is 0 Å². The van der Waals surface area contributed by atoms with Gasteiger partial charge in [-0.05, 0) is 48.4 Å². The smallest absolute Gasteiger partial charge is 0.253 e. The van der Waals surface area contributed by atoms with Crippen LogP contribution in [-0.2, 0) is 23.0 Å². The number of piperidine rings is 1. The molecule has 0 N–H and O–H groups in total. The Hall–Kier alpha value is -1.94. The first-order valence-corrected chi connectivity index (χ1v) is 10.6. The molecule has 0 bridgehead atoms. The van der Waals surface area contributed by atoms with E-state index in [1.807, 2.05) is 35.2 Å². The molecule has 3 nitrogen and oxygen atoms in total. The molecule has 0 aliphatic carbocycles. The fourth-order valence-electron chi connectivity index (χ4n) is 3.50. The molecule has 1 saturated heterocycles. The maximum Gasteiger partial charge on any atom is 0.253 e. The lowest BCUT2D eigenvalue weighted by atomic mass is 9.90. The van der Waals surface area contributed by atoms with Gasteiger partial charge < -0.3 is 4.90 Å². The Labute approximate surface area is 152 Å². The second-order valence-corrected chi connectivity index (χ2v) is 8.28. The summed E-state index contributed by atoms with van der Waals surface area (Å²) in [6.45, 7) is 1.64. The summed E-state index contributed by atoms with van der Waals surface area (Å²) in [6.07, 6.45) is 4.89. The second-order valence-electron chi connectivity index (χ2n) is 6.84. The van der Waals surface area contributed by atoms with Gasteiger partial charge in [0.05, 0.1) is 0 Å². The Morgan fingerprint density at radius 1 is 1.04 bits per heavy atom. The van der Waals surface area contributed by atoms with Gasteiger partial charge in [-0.1, -0.05) is 42.5 Å². The Morgan fingerprint density at radius 2 is 1.72 bits per heavy atom. The minimum atomic E-state index is -0.892. The van der Waals surface area contributed by atoms with Gasteiger partial charge in [0.1, 0.15) is 0 Å². The summed E-state index contributed by atoms with van der Waals surface area (Å²) >= 11 is 0. The molecule has 1 aliphatic rings. The topological polar surface area (TPSA) is 37.4 Å². The second kappa shape index (κ2) is 8.43. The van der Waals surface area contributed by atoms with Gasteiger partial charge in [0.25, 0.3) is 5.91 Å². The number of carbonyl (C=O) groups excluding carboxylic acids is 1. The standard InChI is InChI=1S/C21H25NO2S/c1-25(24)16-19-8-5-9-20(15-19)21(23)22-12-10-18(11-13-22)14-17-6-3-2-4-7-17/h2-9,15,18H,10-14,16H2,1H3/t25-/m1/s1. The zero-order valence-corrected chi connectivity index (χ0v) is 15.5. The largest absolute Gasteiger partial charge is 0.339 e. The van der Waals surface area contributed by atoms with Crippen LogP contribution >= 0.6 is 0 Å². The molecule has 25 heavy (non-hydrogen) atoms. The van der Waals surface area contributed by atoms with Crippen LogP contribution in [0.3, 0.4) is 0 Å². The Bertz CT molecular complexity index is 737. The Morgan fingerprint density at radius 3 is 2.40 bits per heavy atom. The summed E-state index contributed by atoms with van der Waals surface area (Å²) in [4.78, 5) is 14.7. The number of benzene rings is 2. The first-order chi connectivity index (χ1) is 12.1. The van der Waals surface area contributed by atoms with Crippen LogP contribution in [0.4, 0.5) is 0 Å². The van der Waals surface area contributed by atoms with E-state index in [-0.39, 0.29) is 5.91 Å². The third-order valence-electron chi connectivity index (χ3n) is 4.81. The van der Waals surface area contributed by atoms with E-state index in [1.54, 1.807) is 6.26 Å². The van der Waals surface area contributed by atoms with Gasteiger partial charge in [-0.25, -0.2) is 0 Å². The number of rotatable bonds is 5. The normalized spacial score (nSPS) is 16.6. The highest BCUT2D eigenvalue weighted by Gasteiger charge is 2.23. The van der Waals surface area contributed by atoms with Gasteiger partial charge in [-0.15, -0.1) is 0 Å². The number of carbonyl (C=O) groups is 1. The summed E-state index contributed by atoms with van der Waals surface area (Å²) in [7, 11) is -0.892. The molecule has 1 fully saturated rings. The minimum absolute atomic E-state index is 0.0990. The lowest BCUT2D eigenvalue weighted by Crippen LogP contribution is -2.38. The van der Waals surface area contributed by atoms with Gasteiger partial charge >= 0.3 is 0 Å². The van der Waals surface area contributed by atoms with E-state index in [4.69, 9.17) is 0 Å². The molecule has 3 rings (SSSR count). The lowest BCUT2D eigenvalue weighted by molar-refractivity contribution is 0.0690. The van der Waals surface area contributed by atoms with Crippen molar-refractivity contribution < 1.29 is 9.00 Å². The minimum Gasteiger partial charge on any atom is -0.339 e. The molecular formula is C21H25NO2S. The molecular weight excluding hydrogens is 330 g/mol. The molecule has 2 aromatic carbocycles. The first kappa shape index (κ1) is 17.9. The van der Waals surface area contributed by atoms with Gasteiger partial charge in [0.15, 0.2) is 0 Å². The Balaban J connectivity index is 1.57. The van der Waals surface area contributed by atoms with Crippen LogP contribution < -0.4 is 0 Å². The molecule has 0 aromatic heterocycles. The molecule has 4 heteroatoms. The van der Waals surface area contributed by atoms with E-state index in [2.05, 4.69) is 24.3 Å². The molecule has 0 radical (unpaired) electrons. The molecule has 0 spiro atoms. The average molecular weight is 356 g/mol. The summed E-state index contributed by atoms with van der Waals surface area (Å²) < 4.78 is 11.4. The van der Waals surface area contributed by atoms with Gasteiger partial charge in [0.2, 0.25) is 0 Å². The van der Waals surface area contributed by atoms with Crippen LogP contribution in [0.15, 0.2) is 54.6 Å². The van der Waals surface area contributed by atoms with Gasteiger partial charge in [-0.3, -0.25) is 9.00 Å². The van der Waals surface area contributed by atoms with Gasteiger partial charge in [-0.2, -0.15) is 0 Å². The highest BCUT2D eigenvalue weighted by atomic mass is 32.2. The highest BCUT2D eigenvalue weighted by molar-refractivity contribution is 7.83. The van der Waals surface area contributed by atoms with Crippen LogP contribution in [0, 0.1) is 5.92 Å². The van der Waals surface area contributed by atoms with Gasteiger partial charge in [0, 0.05) is 41.5 Å². The summed E-state index contributed by atoms with van der Waals surface area (Å²) in [5.41, 5.74) is 3.06. The number of hydrogen-bond donors (Lipinski definition) is 0. The maximum atomic E-state index is 12.8. The molecule has 1 heterocycles. The molecule has 132 valence electrons. The van der Waals surface area contributed by atoms with Crippen LogP contribution in [0.5, 0.6) is 0 Å². The van der Waals surface area contributed by atoms with E-state index in [1.165, 1.54) is 5.56 Å². The fraction of sp³-hybridized carbons (Fsp3) is 0.381. The van der Waals surface area contributed by atoms with Crippen molar-refractivity contribution in [3.05, 3.63) is 71.3 Å². The van der Waals surface area contributed by atoms with E-state index in [0.717, 1.165) is 37.9 Å². The van der Waals surface area contributed by atoms with Crippen LogP contribution in [0.25, 0.3) is 0 Å². The van der Waals surface area contributed by atoms with Crippen molar-refractivity contribution in [2.45, 2.75) is 25.0 Å². The molecule has 2 aromatic rings. The third kappa shape index (κ3) is 5.02. The maximum absolute atomic E-state index is 12.8. The van der Waals surface area contributed by atoms with Crippen molar-refractivity contribution >= 4 is 16.7 Å². The fourth-order valence-corrected chi connectivity index (χ4v) is 4.15. The van der Waals surface area contributed by atoms with E-state index in [9.17, 15) is 9.00 Å². The molecule has 1 atom stereocenters. The highest BCUT2D eigenvalue weighted by Crippen LogP contribution is 2.23. The monoisotopic (exact) mass is 355 g/mol. The molecule has 0 saturated carbocycles. The molecule has 0 unspecified atom stereocenters. The van der Waals surface area contributed by atoms with Crippen molar-refractivity contribution in [3.8, 4) is 0 Å². The average Bonchev–Trinajstić information content (AvgIpc) is 2.62. The van der Waals surface area contributed by atoms with Crippen LogP contribution in [0.1, 0.15) is 34.3 Å². The van der Waals surface area contributed by atoms with Crippen molar-refractivity contribution in [2.24, 2.45) is 5.92 Å². The van der Waals surface area contributed by atoms with Crippen molar-refractivity contribution in [2.75, 3.05) is 19.3 Å². The number of nitrogens with zero attached hydrogens (tertiary/aromatic N) is 1. The third-order valence-corrected chi connectivity index (χ3v) is 5.55. The summed E-state index contributed by atoms with van der Waals surface area (Å²) in [5.74, 6) is 1.25. The summed E-state index contributed by atoms with van der Waals surface area (Å²) in [6, 6.07) is 18.2. The van der Waals surface area contributed by atoms with E-state index in [0.29, 0.717) is 17.2 Å². The zero-order valence-electron chi connectivity index (χ0n) is 14.7. The van der Waals surface area contributed by atoms with Crippen LogP contribution in [-0.4, -0.2) is 34.4 Å². The Kier molecular flexibility index (Phi) is 6.03. The first-order valence-electron chi connectivity index (χ1n) is 8.84.